The van der Waals surface area contributed by atoms with Gasteiger partial charge in [0, 0.05) is 17.2 Å². The minimum absolute atomic E-state index is 0.0140. The van der Waals surface area contributed by atoms with E-state index < -0.39 is 29.6 Å². The van der Waals surface area contributed by atoms with Crippen molar-refractivity contribution in [3.8, 4) is 0 Å². The van der Waals surface area contributed by atoms with Crippen LogP contribution in [0.25, 0.3) is 0 Å². The van der Waals surface area contributed by atoms with Gasteiger partial charge in [-0.1, -0.05) is 12.8 Å². The van der Waals surface area contributed by atoms with Gasteiger partial charge < -0.3 is 10.4 Å². The van der Waals surface area contributed by atoms with Gasteiger partial charge in [0.15, 0.2) is 0 Å². The molecule has 3 amide bonds. The number of aliphatic carboxylic acids is 1. The molecular formula is C19H23N3O5. The van der Waals surface area contributed by atoms with Crippen molar-refractivity contribution in [2.75, 3.05) is 5.32 Å². The highest BCUT2D eigenvalue weighted by molar-refractivity contribution is 5.97. The van der Waals surface area contributed by atoms with E-state index in [0.717, 1.165) is 25.7 Å². The molecule has 0 aliphatic heterocycles. The molecule has 0 radical (unpaired) electrons. The second-order valence-corrected chi connectivity index (χ2v) is 7.12. The van der Waals surface area contributed by atoms with Gasteiger partial charge in [-0.3, -0.25) is 30.0 Å². The molecule has 0 saturated heterocycles. The van der Waals surface area contributed by atoms with E-state index in [9.17, 15) is 24.3 Å². The molecule has 0 aromatic heterocycles. The van der Waals surface area contributed by atoms with E-state index in [-0.39, 0.29) is 11.8 Å². The second kappa shape index (κ2) is 8.20. The summed E-state index contributed by atoms with van der Waals surface area (Å²) in [5, 5.41) is 12.0. The number of amides is 3. The van der Waals surface area contributed by atoms with Crippen LogP contribution in [0.4, 0.5) is 5.69 Å². The van der Waals surface area contributed by atoms with Crippen molar-refractivity contribution in [1.29, 1.82) is 0 Å². The molecule has 2 fully saturated rings. The molecule has 1 aromatic rings. The van der Waals surface area contributed by atoms with Crippen molar-refractivity contribution >= 4 is 29.4 Å². The topological polar surface area (TPSA) is 125 Å². The summed E-state index contributed by atoms with van der Waals surface area (Å²) in [7, 11) is 0. The summed E-state index contributed by atoms with van der Waals surface area (Å²) >= 11 is 0. The fourth-order valence-electron chi connectivity index (χ4n) is 3.32. The van der Waals surface area contributed by atoms with Crippen molar-refractivity contribution < 1.29 is 24.3 Å². The van der Waals surface area contributed by atoms with E-state index in [2.05, 4.69) is 16.2 Å². The average Bonchev–Trinajstić information content (AvgIpc) is 3.51. The standard InChI is InChI=1S/C19H23N3O5/c23-16(11-5-6-11)20-13-9-7-12(8-10-13)17(24)21-22-18(25)14-3-1-2-4-15(14)19(26)27/h7-11,14-15H,1-6H2,(H,20,23)(H,21,24)(H,22,25)(H,26,27)/t14-,15-/m0/s1. The van der Waals surface area contributed by atoms with Gasteiger partial charge in [0.2, 0.25) is 11.8 Å². The van der Waals surface area contributed by atoms with Crippen LogP contribution in [0.2, 0.25) is 0 Å². The normalized spacial score (nSPS) is 21.8. The van der Waals surface area contributed by atoms with Crippen LogP contribution in [0.1, 0.15) is 48.9 Å². The summed E-state index contributed by atoms with van der Waals surface area (Å²) in [6.45, 7) is 0. The largest absolute Gasteiger partial charge is 0.481 e. The molecule has 2 saturated carbocycles. The smallest absolute Gasteiger partial charge is 0.307 e. The molecule has 144 valence electrons. The maximum Gasteiger partial charge on any atom is 0.307 e. The van der Waals surface area contributed by atoms with Crippen LogP contribution in [0, 0.1) is 17.8 Å². The lowest BCUT2D eigenvalue weighted by Gasteiger charge is -2.27. The first-order chi connectivity index (χ1) is 13.0. The van der Waals surface area contributed by atoms with Crippen LogP contribution in [0.5, 0.6) is 0 Å². The van der Waals surface area contributed by atoms with Gasteiger partial charge in [-0.15, -0.1) is 0 Å². The molecule has 0 spiro atoms. The fourth-order valence-corrected chi connectivity index (χ4v) is 3.32. The number of hydrazine groups is 1. The van der Waals surface area contributed by atoms with Crippen LogP contribution >= 0.6 is 0 Å². The minimum atomic E-state index is -0.981. The van der Waals surface area contributed by atoms with E-state index in [0.29, 0.717) is 24.1 Å². The highest BCUT2D eigenvalue weighted by atomic mass is 16.4. The van der Waals surface area contributed by atoms with Crippen molar-refractivity contribution in [3.05, 3.63) is 29.8 Å². The minimum Gasteiger partial charge on any atom is -0.481 e. The lowest BCUT2D eigenvalue weighted by atomic mass is 9.79. The van der Waals surface area contributed by atoms with Crippen LogP contribution < -0.4 is 16.2 Å². The molecule has 3 rings (SSSR count). The van der Waals surface area contributed by atoms with E-state index in [1.54, 1.807) is 24.3 Å². The first-order valence-electron chi connectivity index (χ1n) is 9.19. The van der Waals surface area contributed by atoms with Gasteiger partial charge in [-0.25, -0.2) is 0 Å². The van der Waals surface area contributed by atoms with Crippen molar-refractivity contribution in [2.45, 2.75) is 38.5 Å². The fraction of sp³-hybridized carbons (Fsp3) is 0.474. The number of rotatable bonds is 5. The van der Waals surface area contributed by atoms with Crippen molar-refractivity contribution in [3.63, 3.8) is 0 Å². The quantitative estimate of drug-likeness (QED) is 0.585. The van der Waals surface area contributed by atoms with Gasteiger partial charge in [0.05, 0.1) is 11.8 Å². The Morgan fingerprint density at radius 2 is 1.44 bits per heavy atom. The molecule has 0 bridgehead atoms. The summed E-state index contributed by atoms with van der Waals surface area (Å²) in [5.41, 5.74) is 5.59. The van der Waals surface area contributed by atoms with Gasteiger partial charge in [-0.2, -0.15) is 0 Å². The number of hydrogen-bond donors (Lipinski definition) is 4. The Balaban J connectivity index is 1.51. The number of carboxylic acid groups (broad SMARTS) is 1. The number of carbonyl (C=O) groups is 4. The molecule has 1 aromatic carbocycles. The van der Waals surface area contributed by atoms with Gasteiger partial charge in [-0.05, 0) is 49.9 Å². The second-order valence-electron chi connectivity index (χ2n) is 7.12. The Morgan fingerprint density at radius 1 is 0.815 bits per heavy atom. The summed E-state index contributed by atoms with van der Waals surface area (Å²) in [5.74, 6) is -3.25. The van der Waals surface area contributed by atoms with Crippen LogP contribution in [0.3, 0.4) is 0 Å². The van der Waals surface area contributed by atoms with Gasteiger partial charge in [0.25, 0.3) is 5.91 Å². The lowest BCUT2D eigenvalue weighted by Crippen LogP contribution is -2.47. The third-order valence-corrected chi connectivity index (χ3v) is 5.08. The maximum absolute atomic E-state index is 12.3. The summed E-state index contributed by atoms with van der Waals surface area (Å²) in [6, 6.07) is 6.34. The van der Waals surface area contributed by atoms with Gasteiger partial charge >= 0.3 is 5.97 Å². The SMILES string of the molecule is O=C(NNC(=O)[C@H]1CCCC[C@@H]1C(=O)O)c1ccc(NC(=O)C2CC2)cc1. The molecule has 2 aliphatic carbocycles. The van der Waals surface area contributed by atoms with Crippen LogP contribution in [-0.2, 0) is 14.4 Å². The summed E-state index contributed by atoms with van der Waals surface area (Å²) < 4.78 is 0. The molecule has 0 unspecified atom stereocenters. The Bertz CT molecular complexity index is 742. The third-order valence-electron chi connectivity index (χ3n) is 5.08. The Hall–Kier alpha value is -2.90. The predicted molar refractivity (Wildman–Crippen MR) is 96.5 cm³/mol. The Morgan fingerprint density at radius 3 is 2.04 bits per heavy atom. The Labute approximate surface area is 156 Å². The lowest BCUT2D eigenvalue weighted by molar-refractivity contribution is -0.149. The summed E-state index contributed by atoms with van der Waals surface area (Å²) in [6.07, 6.45) is 4.37. The molecular weight excluding hydrogens is 350 g/mol. The molecule has 4 N–H and O–H groups in total. The average molecular weight is 373 g/mol. The van der Waals surface area contributed by atoms with E-state index in [4.69, 9.17) is 0 Å². The first kappa shape index (κ1) is 18.9. The zero-order valence-corrected chi connectivity index (χ0v) is 14.9. The number of benzene rings is 1. The number of carboxylic acids is 1. The highest BCUT2D eigenvalue weighted by Gasteiger charge is 2.35. The number of hydrogen-bond acceptors (Lipinski definition) is 4. The molecule has 8 heteroatoms. The van der Waals surface area contributed by atoms with Crippen molar-refractivity contribution in [2.24, 2.45) is 17.8 Å². The highest BCUT2D eigenvalue weighted by Crippen LogP contribution is 2.31. The van der Waals surface area contributed by atoms with E-state index in [1.165, 1.54) is 0 Å². The maximum atomic E-state index is 12.3. The monoisotopic (exact) mass is 373 g/mol. The van der Waals surface area contributed by atoms with E-state index in [1.807, 2.05) is 0 Å². The molecule has 2 atom stereocenters. The van der Waals surface area contributed by atoms with Crippen LogP contribution in [-0.4, -0.2) is 28.8 Å². The Kier molecular flexibility index (Phi) is 5.73. The van der Waals surface area contributed by atoms with Gasteiger partial charge in [0.1, 0.15) is 0 Å². The summed E-state index contributed by atoms with van der Waals surface area (Å²) in [4.78, 5) is 47.4. The van der Waals surface area contributed by atoms with E-state index >= 15 is 0 Å². The molecule has 8 nitrogen and oxygen atoms in total. The number of nitrogens with one attached hydrogen (secondary N) is 3. The molecule has 2 aliphatic rings. The molecule has 0 heterocycles. The first-order valence-corrected chi connectivity index (χ1v) is 9.19. The molecule has 27 heavy (non-hydrogen) atoms. The number of anilines is 1. The number of carbonyl (C=O) groups excluding carboxylic acids is 3. The predicted octanol–water partition coefficient (Wildman–Crippen LogP) is 1.69. The third kappa shape index (κ3) is 4.84. The zero-order chi connectivity index (χ0) is 19.4. The van der Waals surface area contributed by atoms with Crippen molar-refractivity contribution in [1.82, 2.24) is 10.9 Å². The van der Waals surface area contributed by atoms with Crippen LogP contribution in [0.15, 0.2) is 24.3 Å². The zero-order valence-electron chi connectivity index (χ0n) is 14.9.